The van der Waals surface area contributed by atoms with E-state index >= 15 is 0 Å². The van der Waals surface area contributed by atoms with Crippen molar-refractivity contribution in [3.63, 3.8) is 0 Å². The Kier molecular flexibility index (Phi) is 6.30. The molecular weight excluding hydrogens is 292 g/mol. The molecule has 0 radical (unpaired) electrons. The molecule has 8 heteroatoms. The van der Waals surface area contributed by atoms with E-state index < -0.39 is 17.5 Å². The number of carbonyl (C=O) groups is 2. The van der Waals surface area contributed by atoms with Crippen molar-refractivity contribution < 1.29 is 19.4 Å². The first-order valence-electron chi connectivity index (χ1n) is 6.22. The van der Waals surface area contributed by atoms with Gasteiger partial charge in [-0.15, -0.1) is 0 Å². The topological polar surface area (TPSA) is 129 Å². The molecule has 0 saturated carbocycles. The number of H-pyrrole nitrogens is 2. The lowest BCUT2D eigenvalue weighted by Crippen LogP contribution is -2.10. The van der Waals surface area contributed by atoms with E-state index in [1.54, 1.807) is 6.92 Å². The third-order valence-electron chi connectivity index (χ3n) is 2.31. The molecule has 0 bridgehead atoms. The molecule has 0 aliphatic heterocycles. The van der Waals surface area contributed by atoms with Crippen molar-refractivity contribution in [2.24, 2.45) is 0 Å². The molecule has 22 heavy (non-hydrogen) atoms. The van der Waals surface area contributed by atoms with E-state index in [9.17, 15) is 19.2 Å². The van der Waals surface area contributed by atoms with Crippen LogP contribution in [0.25, 0.3) is 0 Å². The molecule has 2 aromatic heterocycles. The molecule has 0 amide bonds. The smallest absolute Gasteiger partial charge is 0.338 e. The van der Waals surface area contributed by atoms with E-state index in [1.165, 1.54) is 30.6 Å². The zero-order valence-electron chi connectivity index (χ0n) is 11.7. The van der Waals surface area contributed by atoms with Crippen LogP contribution in [0, 0.1) is 0 Å². The number of aromatic carboxylic acids is 1. The third kappa shape index (κ3) is 5.45. The first kappa shape index (κ1) is 16.9. The van der Waals surface area contributed by atoms with Crippen LogP contribution in [0.1, 0.15) is 27.6 Å². The van der Waals surface area contributed by atoms with Crippen molar-refractivity contribution in [1.82, 2.24) is 9.97 Å². The predicted molar refractivity (Wildman–Crippen MR) is 77.0 cm³/mol. The molecule has 0 fully saturated rings. The number of nitrogens with one attached hydrogen (secondary N) is 2. The van der Waals surface area contributed by atoms with E-state index in [0.29, 0.717) is 6.61 Å². The fourth-order valence-electron chi connectivity index (χ4n) is 1.36. The van der Waals surface area contributed by atoms with Gasteiger partial charge in [0, 0.05) is 24.5 Å². The Hall–Kier alpha value is -3.16. The molecule has 0 spiro atoms. The zero-order chi connectivity index (χ0) is 16.5. The van der Waals surface area contributed by atoms with Gasteiger partial charge in [0.05, 0.1) is 17.7 Å². The number of carboxylic acids is 1. The lowest BCUT2D eigenvalue weighted by atomic mass is 10.3. The second-order valence-electron chi connectivity index (χ2n) is 3.91. The molecule has 8 nitrogen and oxygen atoms in total. The molecule has 0 unspecified atom stereocenters. The zero-order valence-corrected chi connectivity index (χ0v) is 11.7. The van der Waals surface area contributed by atoms with Crippen molar-refractivity contribution in [3.05, 3.63) is 68.5 Å². The fourth-order valence-corrected chi connectivity index (χ4v) is 1.36. The van der Waals surface area contributed by atoms with E-state index in [2.05, 4.69) is 9.97 Å². The highest BCUT2D eigenvalue weighted by Gasteiger charge is 2.04. The summed E-state index contributed by atoms with van der Waals surface area (Å²) >= 11 is 0. The van der Waals surface area contributed by atoms with E-state index in [-0.39, 0.29) is 16.7 Å². The van der Waals surface area contributed by atoms with Crippen LogP contribution in [0.15, 0.2) is 46.2 Å². The minimum absolute atomic E-state index is 0.00347. The average Bonchev–Trinajstić information content (AvgIpc) is 2.48. The summed E-state index contributed by atoms with van der Waals surface area (Å²) in [6, 6.07) is 5.06. The van der Waals surface area contributed by atoms with Crippen LogP contribution >= 0.6 is 0 Å². The Labute approximate surface area is 124 Å². The summed E-state index contributed by atoms with van der Waals surface area (Å²) in [4.78, 5) is 47.1. The van der Waals surface area contributed by atoms with E-state index in [1.807, 2.05) is 0 Å². The number of carbonyl (C=O) groups excluding carboxylic acids is 1. The van der Waals surface area contributed by atoms with Crippen LogP contribution in [0.4, 0.5) is 0 Å². The molecule has 0 atom stereocenters. The summed E-state index contributed by atoms with van der Waals surface area (Å²) in [5.41, 5.74) is -0.426. The molecular formula is C14H14N2O6. The van der Waals surface area contributed by atoms with Gasteiger partial charge in [0.2, 0.25) is 11.1 Å². The van der Waals surface area contributed by atoms with Crippen LogP contribution in [0.2, 0.25) is 0 Å². The SMILES string of the molecule is CCOC(=O)c1cc[nH]c(=O)c1.O=C(O)c1cc[nH]c(=O)c1. The highest BCUT2D eigenvalue weighted by molar-refractivity contribution is 5.89. The highest BCUT2D eigenvalue weighted by Crippen LogP contribution is 1.95. The molecule has 116 valence electrons. The van der Waals surface area contributed by atoms with Crippen LogP contribution in [0.5, 0.6) is 0 Å². The normalized spacial score (nSPS) is 9.32. The van der Waals surface area contributed by atoms with Crippen molar-refractivity contribution in [1.29, 1.82) is 0 Å². The summed E-state index contributed by atoms with van der Waals surface area (Å²) in [6.45, 7) is 2.02. The number of rotatable bonds is 3. The monoisotopic (exact) mass is 306 g/mol. The van der Waals surface area contributed by atoms with Gasteiger partial charge in [-0.1, -0.05) is 0 Å². The summed E-state index contributed by atoms with van der Waals surface area (Å²) in [5, 5.41) is 8.36. The Morgan fingerprint density at radius 3 is 1.95 bits per heavy atom. The number of ether oxygens (including phenoxy) is 1. The van der Waals surface area contributed by atoms with Gasteiger partial charge in [-0.2, -0.15) is 0 Å². The number of aromatic amines is 2. The second-order valence-corrected chi connectivity index (χ2v) is 3.91. The maximum Gasteiger partial charge on any atom is 0.338 e. The van der Waals surface area contributed by atoms with Crippen LogP contribution < -0.4 is 11.1 Å². The predicted octanol–water partition coefficient (Wildman–Crippen LogP) is 0.625. The third-order valence-corrected chi connectivity index (χ3v) is 2.31. The number of hydrogen-bond donors (Lipinski definition) is 3. The molecule has 2 heterocycles. The summed E-state index contributed by atoms with van der Waals surface area (Å²) in [5.74, 6) is -1.56. The number of hydrogen-bond acceptors (Lipinski definition) is 5. The van der Waals surface area contributed by atoms with Gasteiger partial charge in [0.1, 0.15) is 0 Å². The second kappa shape index (κ2) is 8.20. The van der Waals surface area contributed by atoms with Crippen molar-refractivity contribution in [2.75, 3.05) is 6.61 Å². The Bertz CT molecular complexity index is 762. The first-order valence-corrected chi connectivity index (χ1v) is 6.22. The quantitative estimate of drug-likeness (QED) is 0.713. The number of esters is 1. The van der Waals surface area contributed by atoms with Crippen LogP contribution in [-0.4, -0.2) is 33.6 Å². The van der Waals surface area contributed by atoms with Gasteiger partial charge in [-0.25, -0.2) is 9.59 Å². The summed E-state index contributed by atoms with van der Waals surface area (Å²) in [7, 11) is 0. The van der Waals surface area contributed by atoms with Gasteiger partial charge < -0.3 is 19.8 Å². The van der Waals surface area contributed by atoms with Gasteiger partial charge >= 0.3 is 11.9 Å². The van der Waals surface area contributed by atoms with Crippen LogP contribution in [0.3, 0.4) is 0 Å². The van der Waals surface area contributed by atoms with Crippen molar-refractivity contribution in [2.45, 2.75) is 6.92 Å². The molecule has 0 aliphatic carbocycles. The van der Waals surface area contributed by atoms with Gasteiger partial charge in [0.15, 0.2) is 0 Å². The number of carboxylic acid groups (broad SMARTS) is 1. The van der Waals surface area contributed by atoms with Gasteiger partial charge in [0.25, 0.3) is 0 Å². The highest BCUT2D eigenvalue weighted by atomic mass is 16.5. The number of pyridine rings is 2. The maximum atomic E-state index is 11.0. The molecule has 0 aliphatic rings. The first-order chi connectivity index (χ1) is 10.4. The van der Waals surface area contributed by atoms with E-state index in [4.69, 9.17) is 9.84 Å². The Balaban J connectivity index is 0.000000224. The standard InChI is InChI=1S/C8H9NO3.C6H5NO3/c1-2-12-8(11)6-3-4-9-7(10)5-6;8-5-3-4(6(9)10)1-2-7-5/h3-5H,2H2,1H3,(H,9,10);1-3H,(H,7,8)(H,9,10). The molecule has 2 aromatic rings. The lowest BCUT2D eigenvalue weighted by molar-refractivity contribution is 0.0525. The maximum absolute atomic E-state index is 11.0. The minimum atomic E-state index is -1.09. The Morgan fingerprint density at radius 2 is 1.55 bits per heavy atom. The van der Waals surface area contributed by atoms with Crippen LogP contribution in [-0.2, 0) is 4.74 Å². The van der Waals surface area contributed by atoms with E-state index in [0.717, 1.165) is 6.07 Å². The Morgan fingerprint density at radius 1 is 1.05 bits per heavy atom. The van der Waals surface area contributed by atoms with Crippen molar-refractivity contribution in [3.8, 4) is 0 Å². The average molecular weight is 306 g/mol. The molecule has 0 aromatic carbocycles. The largest absolute Gasteiger partial charge is 0.478 e. The molecule has 0 saturated heterocycles. The lowest BCUT2D eigenvalue weighted by Gasteiger charge is -1.99. The summed E-state index contributed by atoms with van der Waals surface area (Å²) in [6.07, 6.45) is 2.71. The molecule has 2 rings (SSSR count). The van der Waals surface area contributed by atoms with Gasteiger partial charge in [-0.05, 0) is 19.1 Å². The fraction of sp³-hybridized carbons (Fsp3) is 0.143. The summed E-state index contributed by atoms with van der Waals surface area (Å²) < 4.78 is 4.69. The number of aromatic nitrogens is 2. The minimum Gasteiger partial charge on any atom is -0.478 e. The van der Waals surface area contributed by atoms with Crippen molar-refractivity contribution >= 4 is 11.9 Å². The van der Waals surface area contributed by atoms with Gasteiger partial charge in [-0.3, -0.25) is 9.59 Å². The molecule has 3 N–H and O–H groups in total.